The van der Waals surface area contributed by atoms with Crippen LogP contribution in [0.3, 0.4) is 0 Å². The maximum Gasteiger partial charge on any atom is 0.161 e. The lowest BCUT2D eigenvalue weighted by Crippen LogP contribution is -2.19. The van der Waals surface area contributed by atoms with Crippen LogP contribution in [0.4, 0.5) is 0 Å². The molecular formula is C12H17NO2S. The number of hydrogen-bond donors (Lipinski definition) is 2. The third-order valence-corrected chi connectivity index (χ3v) is 2.99. The van der Waals surface area contributed by atoms with Crippen LogP contribution in [-0.2, 0) is 0 Å². The van der Waals surface area contributed by atoms with Gasteiger partial charge in [0.2, 0.25) is 0 Å². The van der Waals surface area contributed by atoms with E-state index in [1.165, 1.54) is 5.56 Å². The van der Waals surface area contributed by atoms with Gasteiger partial charge >= 0.3 is 0 Å². The molecule has 1 aromatic rings. The molecular weight excluding hydrogens is 222 g/mol. The van der Waals surface area contributed by atoms with Crippen molar-refractivity contribution in [2.75, 3.05) is 26.0 Å². The molecule has 1 N–H and O–H groups in total. The van der Waals surface area contributed by atoms with Crippen molar-refractivity contribution < 1.29 is 9.47 Å². The van der Waals surface area contributed by atoms with E-state index in [0.29, 0.717) is 19.3 Å². The quantitative estimate of drug-likeness (QED) is 0.788. The molecule has 0 radical (unpaired) electrons. The highest BCUT2D eigenvalue weighted by Crippen LogP contribution is 2.33. The highest BCUT2D eigenvalue weighted by Gasteiger charge is 2.15. The maximum absolute atomic E-state index is 5.57. The number of thiol groups is 1. The molecule has 1 atom stereocenters. The van der Waals surface area contributed by atoms with Gasteiger partial charge in [-0.15, -0.1) is 0 Å². The Morgan fingerprint density at radius 3 is 2.75 bits per heavy atom. The standard InChI is InChI=1S/C12H17NO2S/c1-13-10(4-7-16)9-2-3-11-12(8-9)15-6-5-14-11/h2-3,8,10,13,16H,4-7H2,1H3. The van der Waals surface area contributed by atoms with Crippen LogP contribution in [0.1, 0.15) is 18.0 Å². The summed E-state index contributed by atoms with van der Waals surface area (Å²) in [4.78, 5) is 0. The zero-order chi connectivity index (χ0) is 11.4. The average molecular weight is 239 g/mol. The molecule has 1 aliphatic rings. The Kier molecular flexibility index (Phi) is 3.96. The highest BCUT2D eigenvalue weighted by atomic mass is 32.1. The lowest BCUT2D eigenvalue weighted by molar-refractivity contribution is 0.171. The minimum Gasteiger partial charge on any atom is -0.486 e. The number of rotatable bonds is 4. The second-order valence-electron chi connectivity index (χ2n) is 3.76. The number of fused-ring (bicyclic) bond motifs is 1. The molecule has 0 amide bonds. The van der Waals surface area contributed by atoms with E-state index in [-0.39, 0.29) is 0 Å². The van der Waals surface area contributed by atoms with Gasteiger partial charge in [-0.05, 0) is 36.9 Å². The van der Waals surface area contributed by atoms with Crippen molar-refractivity contribution in [3.05, 3.63) is 23.8 Å². The molecule has 1 unspecified atom stereocenters. The minimum absolute atomic E-state index is 0.327. The normalized spacial score (nSPS) is 15.9. The molecule has 0 aromatic heterocycles. The van der Waals surface area contributed by atoms with E-state index in [0.717, 1.165) is 23.7 Å². The van der Waals surface area contributed by atoms with Crippen LogP contribution in [-0.4, -0.2) is 26.0 Å². The fourth-order valence-corrected chi connectivity index (χ4v) is 2.14. The van der Waals surface area contributed by atoms with E-state index in [9.17, 15) is 0 Å². The van der Waals surface area contributed by atoms with Crippen molar-refractivity contribution in [2.24, 2.45) is 0 Å². The molecule has 0 aliphatic carbocycles. The van der Waals surface area contributed by atoms with E-state index >= 15 is 0 Å². The third-order valence-electron chi connectivity index (χ3n) is 2.73. The highest BCUT2D eigenvalue weighted by molar-refractivity contribution is 7.80. The van der Waals surface area contributed by atoms with Gasteiger partial charge in [-0.3, -0.25) is 0 Å². The lowest BCUT2D eigenvalue weighted by atomic mass is 10.0. The van der Waals surface area contributed by atoms with Crippen molar-refractivity contribution in [3.8, 4) is 11.5 Å². The summed E-state index contributed by atoms with van der Waals surface area (Å²) in [6.07, 6.45) is 0.999. The summed E-state index contributed by atoms with van der Waals surface area (Å²) < 4.78 is 11.1. The Morgan fingerprint density at radius 2 is 2.06 bits per heavy atom. The Hall–Kier alpha value is -0.870. The van der Waals surface area contributed by atoms with E-state index in [1.807, 2.05) is 13.1 Å². The summed E-state index contributed by atoms with van der Waals surface area (Å²) in [5.41, 5.74) is 1.22. The van der Waals surface area contributed by atoms with Gasteiger partial charge in [-0.25, -0.2) is 0 Å². The second kappa shape index (κ2) is 5.46. The lowest BCUT2D eigenvalue weighted by Gasteiger charge is -2.21. The van der Waals surface area contributed by atoms with Gasteiger partial charge in [0, 0.05) is 6.04 Å². The zero-order valence-electron chi connectivity index (χ0n) is 9.40. The fraction of sp³-hybridized carbons (Fsp3) is 0.500. The van der Waals surface area contributed by atoms with Gasteiger partial charge in [-0.2, -0.15) is 12.6 Å². The molecule has 2 rings (SSSR count). The molecule has 0 fully saturated rings. The molecule has 0 saturated carbocycles. The van der Waals surface area contributed by atoms with Crippen molar-refractivity contribution >= 4 is 12.6 Å². The molecule has 0 spiro atoms. The molecule has 4 heteroatoms. The van der Waals surface area contributed by atoms with E-state index in [1.54, 1.807) is 0 Å². The Bertz CT molecular complexity index is 357. The topological polar surface area (TPSA) is 30.5 Å². The van der Waals surface area contributed by atoms with E-state index in [2.05, 4.69) is 30.1 Å². The van der Waals surface area contributed by atoms with Crippen LogP contribution < -0.4 is 14.8 Å². The Morgan fingerprint density at radius 1 is 1.31 bits per heavy atom. The molecule has 1 aliphatic heterocycles. The first-order valence-corrected chi connectivity index (χ1v) is 6.16. The SMILES string of the molecule is CNC(CCS)c1ccc2c(c1)OCCO2. The third kappa shape index (κ3) is 2.44. The fourth-order valence-electron chi connectivity index (χ4n) is 1.88. The van der Waals surface area contributed by atoms with Crippen LogP contribution in [0, 0.1) is 0 Å². The summed E-state index contributed by atoms with van der Waals surface area (Å²) >= 11 is 4.27. The average Bonchev–Trinajstić information content (AvgIpc) is 2.35. The van der Waals surface area contributed by atoms with Crippen molar-refractivity contribution in [1.29, 1.82) is 0 Å². The van der Waals surface area contributed by atoms with Gasteiger partial charge < -0.3 is 14.8 Å². The first-order chi connectivity index (χ1) is 7.85. The van der Waals surface area contributed by atoms with Crippen molar-refractivity contribution in [3.63, 3.8) is 0 Å². The minimum atomic E-state index is 0.327. The Balaban J connectivity index is 2.21. The molecule has 0 bridgehead atoms. The number of benzene rings is 1. The predicted octanol–water partition coefficient (Wildman–Crippen LogP) is 2.04. The van der Waals surface area contributed by atoms with E-state index < -0.39 is 0 Å². The van der Waals surface area contributed by atoms with Crippen LogP contribution in [0.5, 0.6) is 11.5 Å². The van der Waals surface area contributed by atoms with Gasteiger partial charge in [0.1, 0.15) is 13.2 Å². The maximum atomic E-state index is 5.57. The predicted molar refractivity (Wildman–Crippen MR) is 67.7 cm³/mol. The number of nitrogens with one attached hydrogen (secondary N) is 1. The first-order valence-electron chi connectivity index (χ1n) is 5.53. The molecule has 3 nitrogen and oxygen atoms in total. The van der Waals surface area contributed by atoms with Crippen LogP contribution in [0.25, 0.3) is 0 Å². The summed E-state index contributed by atoms with van der Waals surface area (Å²) in [5.74, 6) is 2.55. The van der Waals surface area contributed by atoms with Crippen LogP contribution in [0.15, 0.2) is 18.2 Å². The van der Waals surface area contributed by atoms with Crippen LogP contribution >= 0.6 is 12.6 Å². The largest absolute Gasteiger partial charge is 0.486 e. The molecule has 16 heavy (non-hydrogen) atoms. The summed E-state index contributed by atoms with van der Waals surface area (Å²) in [6.45, 7) is 1.27. The summed E-state index contributed by atoms with van der Waals surface area (Å²) in [5, 5.41) is 3.28. The number of hydrogen-bond acceptors (Lipinski definition) is 4. The first kappa shape index (κ1) is 11.6. The second-order valence-corrected chi connectivity index (χ2v) is 4.20. The van der Waals surface area contributed by atoms with Gasteiger partial charge in [0.05, 0.1) is 0 Å². The van der Waals surface area contributed by atoms with Crippen molar-refractivity contribution in [1.82, 2.24) is 5.32 Å². The summed E-state index contributed by atoms with van der Waals surface area (Å²) in [7, 11) is 1.96. The van der Waals surface area contributed by atoms with Crippen LogP contribution in [0.2, 0.25) is 0 Å². The monoisotopic (exact) mass is 239 g/mol. The van der Waals surface area contributed by atoms with Gasteiger partial charge in [0.25, 0.3) is 0 Å². The van der Waals surface area contributed by atoms with Gasteiger partial charge in [0.15, 0.2) is 11.5 Å². The van der Waals surface area contributed by atoms with Crippen molar-refractivity contribution in [2.45, 2.75) is 12.5 Å². The molecule has 0 saturated heterocycles. The molecule has 88 valence electrons. The zero-order valence-corrected chi connectivity index (χ0v) is 10.3. The summed E-state index contributed by atoms with van der Waals surface area (Å²) in [6, 6.07) is 6.44. The molecule has 1 heterocycles. The smallest absolute Gasteiger partial charge is 0.161 e. The van der Waals surface area contributed by atoms with Gasteiger partial charge in [-0.1, -0.05) is 6.07 Å². The molecule has 1 aromatic carbocycles. The van der Waals surface area contributed by atoms with E-state index in [4.69, 9.17) is 9.47 Å². The Labute approximate surface area is 102 Å². The number of ether oxygens (including phenoxy) is 2.